The Hall–Kier alpha value is -3.14. The van der Waals surface area contributed by atoms with Crippen molar-refractivity contribution in [1.82, 2.24) is 25.1 Å². The maximum absolute atomic E-state index is 13.1. The van der Waals surface area contributed by atoms with Crippen LogP contribution in [-0.2, 0) is 11.4 Å². The van der Waals surface area contributed by atoms with Crippen molar-refractivity contribution in [2.45, 2.75) is 77.1 Å². The summed E-state index contributed by atoms with van der Waals surface area (Å²) in [5.74, 6) is 0.974. The minimum atomic E-state index is -0.891. The van der Waals surface area contributed by atoms with Crippen LogP contribution < -0.4 is 0 Å². The normalized spacial score (nSPS) is 26.9. The monoisotopic (exact) mass is 483 g/mol. The van der Waals surface area contributed by atoms with E-state index in [-0.39, 0.29) is 35.5 Å². The molecule has 10 nitrogen and oxygen atoms in total. The number of carboxylic acid groups (broad SMARTS) is 1. The average Bonchev–Trinajstić information content (AvgIpc) is 3.42. The molecule has 5 rings (SSSR count). The number of aromatic nitrogens is 2. The molecule has 3 amide bonds. The van der Waals surface area contributed by atoms with Crippen LogP contribution in [0.15, 0.2) is 34.7 Å². The molecular weight excluding hydrogens is 450 g/mol. The Bertz CT molecular complexity index is 1070. The first-order chi connectivity index (χ1) is 16.7. The Morgan fingerprint density at radius 1 is 1.14 bits per heavy atom. The maximum atomic E-state index is 13.1. The van der Waals surface area contributed by atoms with Gasteiger partial charge in [-0.15, -0.1) is 10.2 Å². The molecule has 2 unspecified atom stereocenters. The van der Waals surface area contributed by atoms with Gasteiger partial charge in [-0.3, -0.25) is 4.84 Å². The van der Waals surface area contributed by atoms with Crippen molar-refractivity contribution in [3.8, 4) is 0 Å². The van der Waals surface area contributed by atoms with Gasteiger partial charge < -0.3 is 19.3 Å². The molecular formula is C25H33N5O5. The number of urea groups is 1. The van der Waals surface area contributed by atoms with Gasteiger partial charge in [0.05, 0.1) is 6.04 Å². The molecule has 4 heterocycles. The third kappa shape index (κ3) is 4.59. The van der Waals surface area contributed by atoms with Gasteiger partial charge in [-0.05, 0) is 36.7 Å². The van der Waals surface area contributed by atoms with E-state index in [9.17, 15) is 14.7 Å². The third-order valence-corrected chi connectivity index (χ3v) is 7.47. The summed E-state index contributed by atoms with van der Waals surface area (Å²) in [5, 5.41) is 19.8. The number of piperidine rings is 2. The molecule has 0 aliphatic carbocycles. The lowest BCUT2D eigenvalue weighted by Gasteiger charge is -2.43. The van der Waals surface area contributed by atoms with Gasteiger partial charge in [0.25, 0.3) is 0 Å². The topological polar surface area (TPSA) is 112 Å². The molecule has 0 radical (unpaired) electrons. The summed E-state index contributed by atoms with van der Waals surface area (Å²) in [5.41, 5.74) is 0.807. The number of carbonyl (C=O) groups excluding carboxylic acids is 1. The van der Waals surface area contributed by atoms with E-state index in [2.05, 4.69) is 31.0 Å². The van der Waals surface area contributed by atoms with Crippen LogP contribution in [0.3, 0.4) is 0 Å². The highest BCUT2D eigenvalue weighted by Crippen LogP contribution is 2.41. The molecule has 3 aliphatic rings. The predicted octanol–water partition coefficient (Wildman–Crippen LogP) is 4.41. The number of hydroxylamine groups is 2. The van der Waals surface area contributed by atoms with E-state index >= 15 is 0 Å². The van der Waals surface area contributed by atoms with E-state index in [1.165, 1.54) is 9.96 Å². The summed E-state index contributed by atoms with van der Waals surface area (Å²) in [6, 6.07) is 9.22. The first kappa shape index (κ1) is 23.6. The smallest absolute Gasteiger partial charge is 0.407 e. The largest absolute Gasteiger partial charge is 0.465 e. The third-order valence-electron chi connectivity index (χ3n) is 7.47. The van der Waals surface area contributed by atoms with E-state index in [1.807, 2.05) is 30.3 Å². The van der Waals surface area contributed by atoms with Gasteiger partial charge in [-0.2, -0.15) is 5.06 Å². The van der Waals surface area contributed by atoms with Crippen molar-refractivity contribution < 1.29 is 24.0 Å². The molecule has 0 spiro atoms. The Morgan fingerprint density at radius 3 is 2.60 bits per heavy atom. The van der Waals surface area contributed by atoms with Crippen LogP contribution in [0.2, 0.25) is 0 Å². The summed E-state index contributed by atoms with van der Waals surface area (Å²) in [7, 11) is 0. The number of carbonyl (C=O) groups is 2. The molecule has 10 heteroatoms. The van der Waals surface area contributed by atoms with Crippen LogP contribution in [0.25, 0.3) is 0 Å². The fourth-order valence-corrected chi connectivity index (χ4v) is 5.56. The summed E-state index contributed by atoms with van der Waals surface area (Å²) >= 11 is 0. The van der Waals surface area contributed by atoms with Gasteiger partial charge in [-0.25, -0.2) is 9.59 Å². The first-order valence-corrected chi connectivity index (χ1v) is 12.3. The standard InChI is InChI=1S/C25H33N5O5/c1-25(2,3)20-13-17(11-12-28(20)24(32)33)21-26-27-22(35-21)19-10-9-18-14-29(19)23(31)30(18)34-15-16-7-5-4-6-8-16/h4-8,17-20H,9-15H2,1-3H3,(H,32,33)/t17?,18-,19+,20?/m1/s1. The highest BCUT2D eigenvalue weighted by Gasteiger charge is 2.48. The van der Waals surface area contributed by atoms with Gasteiger partial charge in [0.2, 0.25) is 11.8 Å². The molecule has 188 valence electrons. The lowest BCUT2D eigenvalue weighted by atomic mass is 9.77. The fraction of sp³-hybridized carbons (Fsp3) is 0.600. The number of hydrogen-bond donors (Lipinski definition) is 1. The van der Waals surface area contributed by atoms with Crippen LogP contribution in [0.4, 0.5) is 9.59 Å². The lowest BCUT2D eigenvalue weighted by Crippen LogP contribution is -2.51. The van der Waals surface area contributed by atoms with Crippen molar-refractivity contribution in [1.29, 1.82) is 0 Å². The Kier molecular flexibility index (Phi) is 6.16. The lowest BCUT2D eigenvalue weighted by molar-refractivity contribution is -0.140. The molecule has 3 fully saturated rings. The van der Waals surface area contributed by atoms with Gasteiger partial charge in [0.1, 0.15) is 12.6 Å². The molecule has 0 saturated carbocycles. The summed E-state index contributed by atoms with van der Waals surface area (Å²) < 4.78 is 6.14. The van der Waals surface area contributed by atoms with Gasteiger partial charge in [0.15, 0.2) is 0 Å². The summed E-state index contributed by atoms with van der Waals surface area (Å²) in [6.07, 6.45) is 1.90. The number of likely N-dealkylation sites (tertiary alicyclic amines) is 1. The molecule has 1 aromatic heterocycles. The molecule has 1 aromatic carbocycles. The molecule has 3 saturated heterocycles. The van der Waals surface area contributed by atoms with Crippen molar-refractivity contribution >= 4 is 12.1 Å². The SMILES string of the molecule is CC(C)(C)C1CC(c2nnc([C@@H]3CC[C@@H]4CN3C(=O)N4OCc3ccccc3)o2)CCN1C(=O)O. The van der Waals surface area contributed by atoms with E-state index < -0.39 is 6.09 Å². The minimum Gasteiger partial charge on any atom is -0.465 e. The molecule has 3 aliphatic heterocycles. The highest BCUT2D eigenvalue weighted by atomic mass is 16.7. The molecule has 35 heavy (non-hydrogen) atoms. The van der Waals surface area contributed by atoms with Crippen LogP contribution in [-0.4, -0.2) is 67.5 Å². The Morgan fingerprint density at radius 2 is 1.89 bits per heavy atom. The number of amides is 3. The van der Waals surface area contributed by atoms with Crippen molar-refractivity contribution in [3.63, 3.8) is 0 Å². The van der Waals surface area contributed by atoms with Crippen LogP contribution >= 0.6 is 0 Å². The van der Waals surface area contributed by atoms with Crippen LogP contribution in [0.5, 0.6) is 0 Å². The number of fused-ring (bicyclic) bond motifs is 2. The maximum Gasteiger partial charge on any atom is 0.407 e. The van der Waals surface area contributed by atoms with Crippen LogP contribution in [0.1, 0.15) is 75.8 Å². The molecule has 4 atom stereocenters. The second-order valence-corrected chi connectivity index (χ2v) is 10.8. The van der Waals surface area contributed by atoms with Crippen molar-refractivity contribution in [2.75, 3.05) is 13.1 Å². The number of rotatable bonds is 5. The van der Waals surface area contributed by atoms with E-state index in [4.69, 9.17) is 9.25 Å². The quantitative estimate of drug-likeness (QED) is 0.670. The van der Waals surface area contributed by atoms with E-state index in [0.29, 0.717) is 44.3 Å². The fourth-order valence-electron chi connectivity index (χ4n) is 5.56. The number of hydrogen-bond acceptors (Lipinski definition) is 6. The van der Waals surface area contributed by atoms with E-state index in [0.717, 1.165) is 18.4 Å². The van der Waals surface area contributed by atoms with Gasteiger partial charge in [0, 0.05) is 25.0 Å². The molecule has 2 aromatic rings. The summed E-state index contributed by atoms with van der Waals surface area (Å²) in [4.78, 5) is 34.1. The van der Waals surface area contributed by atoms with Crippen molar-refractivity contribution in [2.24, 2.45) is 5.41 Å². The Balaban J connectivity index is 1.26. The molecule has 1 N–H and O–H groups in total. The average molecular weight is 484 g/mol. The zero-order chi connectivity index (χ0) is 24.7. The van der Waals surface area contributed by atoms with Crippen molar-refractivity contribution in [3.05, 3.63) is 47.7 Å². The highest BCUT2D eigenvalue weighted by molar-refractivity contribution is 5.77. The Labute approximate surface area is 204 Å². The minimum absolute atomic E-state index is 0.00704. The zero-order valence-electron chi connectivity index (χ0n) is 20.5. The van der Waals surface area contributed by atoms with Gasteiger partial charge >= 0.3 is 12.1 Å². The van der Waals surface area contributed by atoms with E-state index in [1.54, 1.807) is 4.90 Å². The van der Waals surface area contributed by atoms with Crippen LogP contribution in [0, 0.1) is 5.41 Å². The molecule has 2 bridgehead atoms. The second-order valence-electron chi connectivity index (χ2n) is 10.8. The van der Waals surface area contributed by atoms with Gasteiger partial charge in [-0.1, -0.05) is 51.1 Å². The predicted molar refractivity (Wildman–Crippen MR) is 125 cm³/mol. The first-order valence-electron chi connectivity index (χ1n) is 12.3. The summed E-state index contributed by atoms with van der Waals surface area (Å²) in [6.45, 7) is 7.51. The zero-order valence-corrected chi connectivity index (χ0v) is 20.5. The number of nitrogens with zero attached hydrogens (tertiary/aromatic N) is 5. The number of benzene rings is 1. The second kappa shape index (κ2) is 9.14.